The molecular weight excluding hydrogens is 416 g/mol. The van der Waals surface area contributed by atoms with E-state index in [1.54, 1.807) is 48.5 Å². The van der Waals surface area contributed by atoms with Gasteiger partial charge in [0.2, 0.25) is 0 Å². The van der Waals surface area contributed by atoms with Crippen molar-refractivity contribution in [3.63, 3.8) is 0 Å². The highest BCUT2D eigenvalue weighted by Gasteiger charge is 2.25. The van der Waals surface area contributed by atoms with Crippen molar-refractivity contribution in [2.24, 2.45) is 4.99 Å². The lowest BCUT2D eigenvalue weighted by Gasteiger charge is -2.16. The number of thioether (sulfide) groups is 1. The average Bonchev–Trinajstić information content (AvgIpc) is 3.03. The highest BCUT2D eigenvalue weighted by molar-refractivity contribution is 8.18. The van der Waals surface area contributed by atoms with Gasteiger partial charge in [-0.05, 0) is 55.1 Å². The lowest BCUT2D eigenvalue weighted by atomic mass is 10.1. The minimum atomic E-state index is -1.11. The molecule has 1 fully saturated rings. The molecule has 0 saturated carbocycles. The summed E-state index contributed by atoms with van der Waals surface area (Å²) >= 11 is 7.03. The smallest absolute Gasteiger partial charge is 0.344 e. The molecule has 2 N–H and O–H groups in total. The predicted molar refractivity (Wildman–Crippen MR) is 113 cm³/mol. The van der Waals surface area contributed by atoms with Crippen LogP contribution >= 0.6 is 23.4 Å². The van der Waals surface area contributed by atoms with Crippen LogP contribution in [0.25, 0.3) is 6.08 Å². The van der Waals surface area contributed by atoms with Crippen LogP contribution in [0.2, 0.25) is 5.02 Å². The Hall–Kier alpha value is -2.97. The molecule has 1 atom stereocenters. The van der Waals surface area contributed by atoms with E-state index in [9.17, 15) is 9.59 Å². The van der Waals surface area contributed by atoms with Crippen LogP contribution in [0.3, 0.4) is 0 Å². The van der Waals surface area contributed by atoms with Gasteiger partial charge in [-0.3, -0.25) is 4.79 Å². The fraction of sp³-hybridized carbons (Fsp3) is 0.150. The molecule has 1 aliphatic rings. The molecule has 0 bridgehead atoms. The third kappa shape index (κ3) is 5.10. The average molecular weight is 433 g/mol. The molecular formula is C20H17ClN2O5S. The third-order valence-electron chi connectivity index (χ3n) is 3.87. The summed E-state index contributed by atoms with van der Waals surface area (Å²) in [5.74, 6) is -0.817. The number of hydrogen-bond acceptors (Lipinski definition) is 6. The zero-order chi connectivity index (χ0) is 21.0. The first-order valence-corrected chi connectivity index (χ1v) is 9.68. The molecule has 7 nitrogen and oxygen atoms in total. The molecule has 2 aromatic rings. The number of carbonyl (C=O) groups excluding carboxylic acids is 1. The Labute approximate surface area is 176 Å². The number of methoxy groups -OCH3 is 1. The number of hydrogen-bond donors (Lipinski definition) is 2. The van der Waals surface area contributed by atoms with E-state index >= 15 is 0 Å². The summed E-state index contributed by atoms with van der Waals surface area (Å²) in [4.78, 5) is 28.3. The van der Waals surface area contributed by atoms with E-state index in [4.69, 9.17) is 26.2 Å². The molecule has 0 spiro atoms. The Morgan fingerprint density at radius 2 is 2.00 bits per heavy atom. The summed E-state index contributed by atoms with van der Waals surface area (Å²) in [5, 5.41) is 12.9. The van der Waals surface area contributed by atoms with E-state index in [1.807, 2.05) is 0 Å². The van der Waals surface area contributed by atoms with Crippen LogP contribution < -0.4 is 14.8 Å². The van der Waals surface area contributed by atoms with E-state index in [0.717, 1.165) is 11.8 Å². The summed E-state index contributed by atoms with van der Waals surface area (Å²) in [7, 11) is 1.46. The number of amides is 1. The molecule has 3 rings (SSSR count). The van der Waals surface area contributed by atoms with Gasteiger partial charge in [-0.2, -0.15) is 0 Å². The maximum Gasteiger partial charge on any atom is 0.344 e. The number of amidine groups is 1. The van der Waals surface area contributed by atoms with Crippen molar-refractivity contribution in [2.45, 2.75) is 13.0 Å². The molecule has 29 heavy (non-hydrogen) atoms. The molecule has 0 unspecified atom stereocenters. The molecule has 1 saturated heterocycles. The van der Waals surface area contributed by atoms with Gasteiger partial charge >= 0.3 is 5.97 Å². The fourth-order valence-corrected chi connectivity index (χ4v) is 3.37. The van der Waals surface area contributed by atoms with Crippen molar-refractivity contribution in [3.05, 3.63) is 58.0 Å². The number of carbonyl (C=O) groups is 2. The van der Waals surface area contributed by atoms with Gasteiger partial charge in [0.25, 0.3) is 5.91 Å². The van der Waals surface area contributed by atoms with E-state index in [0.29, 0.717) is 32.1 Å². The molecule has 1 aliphatic heterocycles. The second kappa shape index (κ2) is 9.02. The molecule has 0 aliphatic carbocycles. The summed E-state index contributed by atoms with van der Waals surface area (Å²) in [6.07, 6.45) is 0.520. The van der Waals surface area contributed by atoms with Crippen molar-refractivity contribution >= 4 is 52.2 Å². The number of benzene rings is 2. The van der Waals surface area contributed by atoms with Crippen LogP contribution in [0, 0.1) is 0 Å². The molecule has 150 valence electrons. The van der Waals surface area contributed by atoms with E-state index in [1.165, 1.54) is 14.0 Å². The number of aliphatic imine (C=N–C) groups is 1. The van der Waals surface area contributed by atoms with Crippen LogP contribution in [0.5, 0.6) is 11.5 Å². The third-order valence-corrected chi connectivity index (χ3v) is 5.03. The molecule has 0 aromatic heterocycles. The fourth-order valence-electron chi connectivity index (χ4n) is 2.42. The van der Waals surface area contributed by atoms with Crippen molar-refractivity contribution in [1.82, 2.24) is 5.32 Å². The van der Waals surface area contributed by atoms with Crippen LogP contribution in [-0.4, -0.2) is 35.4 Å². The lowest BCUT2D eigenvalue weighted by molar-refractivity contribution is -0.144. The first kappa shape index (κ1) is 20.8. The zero-order valence-corrected chi connectivity index (χ0v) is 17.1. The van der Waals surface area contributed by atoms with Crippen LogP contribution in [-0.2, 0) is 9.59 Å². The topological polar surface area (TPSA) is 97.2 Å². The number of para-hydroxylation sites is 1. The molecule has 1 amide bonds. The van der Waals surface area contributed by atoms with Gasteiger partial charge < -0.3 is 19.9 Å². The maximum atomic E-state index is 12.4. The number of halogens is 1. The summed E-state index contributed by atoms with van der Waals surface area (Å²) in [5.41, 5.74) is 1.17. The Kier molecular flexibility index (Phi) is 6.46. The first-order chi connectivity index (χ1) is 13.9. The van der Waals surface area contributed by atoms with Crippen LogP contribution in [0.15, 0.2) is 52.4 Å². The number of carboxylic acid groups (broad SMARTS) is 1. The van der Waals surface area contributed by atoms with E-state index in [2.05, 4.69) is 10.3 Å². The normalized spacial score (nSPS) is 17.3. The van der Waals surface area contributed by atoms with Crippen molar-refractivity contribution in [2.75, 3.05) is 7.11 Å². The van der Waals surface area contributed by atoms with E-state index in [-0.39, 0.29) is 11.7 Å². The van der Waals surface area contributed by atoms with Gasteiger partial charge in [0.15, 0.2) is 22.8 Å². The molecule has 1 heterocycles. The van der Waals surface area contributed by atoms with Crippen molar-refractivity contribution in [1.29, 1.82) is 0 Å². The monoisotopic (exact) mass is 432 g/mol. The van der Waals surface area contributed by atoms with Gasteiger partial charge in [-0.1, -0.05) is 23.7 Å². The van der Waals surface area contributed by atoms with Crippen molar-refractivity contribution in [3.8, 4) is 11.5 Å². The van der Waals surface area contributed by atoms with E-state index < -0.39 is 12.1 Å². The zero-order valence-electron chi connectivity index (χ0n) is 15.5. The number of aliphatic carboxylic acids is 1. The van der Waals surface area contributed by atoms with Crippen LogP contribution in [0.1, 0.15) is 12.5 Å². The number of carboxylic acids is 1. The molecule has 2 aromatic carbocycles. The lowest BCUT2D eigenvalue weighted by Crippen LogP contribution is -2.23. The quantitative estimate of drug-likeness (QED) is 0.667. The number of rotatable bonds is 6. The summed E-state index contributed by atoms with van der Waals surface area (Å²) in [6, 6.07) is 12.0. The van der Waals surface area contributed by atoms with Gasteiger partial charge in [0, 0.05) is 10.6 Å². The second-order valence-corrected chi connectivity index (χ2v) is 7.40. The second-order valence-electron chi connectivity index (χ2n) is 5.94. The van der Waals surface area contributed by atoms with Gasteiger partial charge in [-0.25, -0.2) is 9.79 Å². The minimum Gasteiger partial charge on any atom is -0.493 e. The predicted octanol–water partition coefficient (Wildman–Crippen LogP) is 4.09. The SMILES string of the molecule is COc1cccc(/C=C2\SC(=Nc3ccc(Cl)cc3)NC2=O)c1O[C@H](C)C(=O)O. The Morgan fingerprint density at radius 3 is 2.66 bits per heavy atom. The van der Waals surface area contributed by atoms with Gasteiger partial charge in [0.1, 0.15) is 0 Å². The first-order valence-electron chi connectivity index (χ1n) is 8.49. The Balaban J connectivity index is 1.90. The summed E-state index contributed by atoms with van der Waals surface area (Å²) in [6.45, 7) is 1.42. The van der Waals surface area contributed by atoms with Crippen LogP contribution in [0.4, 0.5) is 5.69 Å². The molecule has 0 radical (unpaired) electrons. The minimum absolute atomic E-state index is 0.244. The standard InChI is InChI=1S/C20H17ClN2O5S/c1-11(19(25)26)28-17-12(4-3-5-15(17)27-2)10-16-18(24)23-20(29-16)22-14-8-6-13(21)7-9-14/h3-11H,1-2H3,(H,25,26)(H,22,23,24)/b16-10-/t11-/m1/s1. The molecule has 9 heteroatoms. The van der Waals surface area contributed by atoms with Gasteiger partial charge in [0.05, 0.1) is 17.7 Å². The maximum absolute atomic E-state index is 12.4. The summed E-state index contributed by atoms with van der Waals surface area (Å²) < 4.78 is 10.8. The van der Waals surface area contributed by atoms with Gasteiger partial charge in [-0.15, -0.1) is 0 Å². The number of nitrogens with zero attached hydrogens (tertiary/aromatic N) is 1. The largest absolute Gasteiger partial charge is 0.493 e. The number of nitrogens with one attached hydrogen (secondary N) is 1. The number of ether oxygens (including phenoxy) is 2. The Morgan fingerprint density at radius 1 is 1.28 bits per heavy atom. The Bertz CT molecular complexity index is 1000. The van der Waals surface area contributed by atoms with Crippen molar-refractivity contribution < 1.29 is 24.2 Å². The highest BCUT2D eigenvalue weighted by atomic mass is 35.5. The highest BCUT2D eigenvalue weighted by Crippen LogP contribution is 2.36.